The van der Waals surface area contributed by atoms with Crippen molar-refractivity contribution < 1.29 is 0 Å². The molecule has 15 heavy (non-hydrogen) atoms. The molecule has 0 saturated carbocycles. The molecule has 0 spiro atoms. The molecule has 1 saturated heterocycles. The Bertz CT molecular complexity index is 330. The standard InChI is InChI=1S/C11H14Cl2N2/c12-4-1-9-3-6-15(8-9)11-2-5-14-7-10(11)13/h2,5,7,9H,1,3-4,6,8H2. The summed E-state index contributed by atoms with van der Waals surface area (Å²) in [5, 5.41) is 0.740. The number of pyridine rings is 1. The van der Waals surface area contributed by atoms with Crippen LogP contribution in [0.1, 0.15) is 12.8 Å². The highest BCUT2D eigenvalue weighted by Crippen LogP contribution is 2.30. The number of hydrogen-bond donors (Lipinski definition) is 0. The zero-order valence-corrected chi connectivity index (χ0v) is 10.0. The maximum atomic E-state index is 6.10. The van der Waals surface area contributed by atoms with Crippen LogP contribution in [-0.2, 0) is 0 Å². The van der Waals surface area contributed by atoms with Crippen LogP contribution in [0.2, 0.25) is 5.02 Å². The smallest absolute Gasteiger partial charge is 0.0822 e. The fourth-order valence-corrected chi connectivity index (χ4v) is 2.61. The summed E-state index contributed by atoms with van der Waals surface area (Å²) in [7, 11) is 0. The molecule has 2 nitrogen and oxygen atoms in total. The highest BCUT2D eigenvalue weighted by atomic mass is 35.5. The van der Waals surface area contributed by atoms with Crippen molar-refractivity contribution in [2.24, 2.45) is 5.92 Å². The number of aromatic nitrogens is 1. The Morgan fingerprint density at radius 2 is 2.40 bits per heavy atom. The van der Waals surface area contributed by atoms with E-state index in [4.69, 9.17) is 23.2 Å². The number of anilines is 1. The van der Waals surface area contributed by atoms with Crippen molar-refractivity contribution >= 4 is 28.9 Å². The van der Waals surface area contributed by atoms with Crippen molar-refractivity contribution in [2.45, 2.75) is 12.8 Å². The lowest BCUT2D eigenvalue weighted by Gasteiger charge is -2.19. The zero-order chi connectivity index (χ0) is 10.7. The Balaban J connectivity index is 2.04. The molecule has 1 aliphatic rings. The molecule has 1 unspecified atom stereocenters. The third kappa shape index (κ3) is 2.56. The van der Waals surface area contributed by atoms with Crippen LogP contribution in [0.15, 0.2) is 18.5 Å². The summed E-state index contributed by atoms with van der Waals surface area (Å²) in [4.78, 5) is 6.31. The van der Waals surface area contributed by atoms with E-state index in [0.29, 0.717) is 5.92 Å². The maximum Gasteiger partial charge on any atom is 0.0822 e. The van der Waals surface area contributed by atoms with Crippen LogP contribution >= 0.6 is 23.2 Å². The fraction of sp³-hybridized carbons (Fsp3) is 0.545. The quantitative estimate of drug-likeness (QED) is 0.760. The Kier molecular flexibility index (Phi) is 3.71. The molecule has 0 amide bonds. The molecule has 1 aliphatic heterocycles. The molecule has 1 aromatic heterocycles. The van der Waals surface area contributed by atoms with Gasteiger partial charge in [0.2, 0.25) is 0 Å². The Morgan fingerprint density at radius 3 is 3.13 bits per heavy atom. The summed E-state index contributed by atoms with van der Waals surface area (Å²) in [5.74, 6) is 1.47. The molecule has 0 bridgehead atoms. The SMILES string of the molecule is ClCCC1CCN(c2ccncc2Cl)C1. The second-order valence-electron chi connectivity index (χ2n) is 3.91. The molecule has 0 N–H and O–H groups in total. The first kappa shape index (κ1) is 11.0. The first-order chi connectivity index (χ1) is 7.31. The van der Waals surface area contributed by atoms with E-state index in [-0.39, 0.29) is 0 Å². The molecule has 1 atom stereocenters. The molecule has 0 radical (unpaired) electrons. The van der Waals surface area contributed by atoms with Gasteiger partial charge in [0, 0.05) is 31.4 Å². The fourth-order valence-electron chi connectivity index (χ4n) is 2.07. The summed E-state index contributed by atoms with van der Waals surface area (Å²) in [5.41, 5.74) is 1.10. The lowest BCUT2D eigenvalue weighted by atomic mass is 10.1. The van der Waals surface area contributed by atoms with Gasteiger partial charge in [-0.3, -0.25) is 4.98 Å². The van der Waals surface area contributed by atoms with Gasteiger partial charge in [-0.15, -0.1) is 11.6 Å². The van der Waals surface area contributed by atoms with Gasteiger partial charge in [0.1, 0.15) is 0 Å². The van der Waals surface area contributed by atoms with Crippen molar-refractivity contribution in [1.29, 1.82) is 0 Å². The number of alkyl halides is 1. The minimum Gasteiger partial charge on any atom is -0.370 e. The van der Waals surface area contributed by atoms with Crippen molar-refractivity contribution in [1.82, 2.24) is 4.98 Å². The van der Waals surface area contributed by atoms with Gasteiger partial charge in [0.05, 0.1) is 10.7 Å². The van der Waals surface area contributed by atoms with E-state index in [1.54, 1.807) is 12.4 Å². The number of halogens is 2. The number of hydrogen-bond acceptors (Lipinski definition) is 2. The van der Waals surface area contributed by atoms with Gasteiger partial charge in [0.25, 0.3) is 0 Å². The lowest BCUT2D eigenvalue weighted by Crippen LogP contribution is -2.20. The van der Waals surface area contributed by atoms with E-state index < -0.39 is 0 Å². The Hall–Kier alpha value is -0.470. The van der Waals surface area contributed by atoms with Crippen LogP contribution in [0.4, 0.5) is 5.69 Å². The van der Waals surface area contributed by atoms with Gasteiger partial charge >= 0.3 is 0 Å². The first-order valence-corrected chi connectivity index (χ1v) is 6.13. The third-order valence-corrected chi connectivity index (χ3v) is 3.40. The molecule has 0 aliphatic carbocycles. The van der Waals surface area contributed by atoms with E-state index in [1.165, 1.54) is 6.42 Å². The number of nitrogens with zero attached hydrogens (tertiary/aromatic N) is 2. The molecule has 1 aromatic rings. The molecular formula is C11H14Cl2N2. The Morgan fingerprint density at radius 1 is 1.53 bits per heavy atom. The first-order valence-electron chi connectivity index (χ1n) is 5.21. The summed E-state index contributed by atoms with van der Waals surface area (Å²) < 4.78 is 0. The third-order valence-electron chi connectivity index (χ3n) is 2.89. The van der Waals surface area contributed by atoms with Crippen molar-refractivity contribution in [3.05, 3.63) is 23.5 Å². The second kappa shape index (κ2) is 5.04. The van der Waals surface area contributed by atoms with Gasteiger partial charge in [-0.05, 0) is 24.8 Å². The summed E-state index contributed by atoms with van der Waals surface area (Å²) in [6, 6.07) is 1.98. The monoisotopic (exact) mass is 244 g/mol. The molecule has 0 aromatic carbocycles. The minimum atomic E-state index is 0.715. The molecule has 82 valence electrons. The molecule has 2 heterocycles. The topological polar surface area (TPSA) is 16.1 Å². The van der Waals surface area contributed by atoms with Crippen LogP contribution in [0.25, 0.3) is 0 Å². The maximum absolute atomic E-state index is 6.10. The van der Waals surface area contributed by atoms with E-state index in [2.05, 4.69) is 9.88 Å². The van der Waals surface area contributed by atoms with Crippen LogP contribution in [0.3, 0.4) is 0 Å². The van der Waals surface area contributed by atoms with Crippen LogP contribution in [0, 0.1) is 5.92 Å². The second-order valence-corrected chi connectivity index (χ2v) is 4.69. The Labute approximate surface area is 100 Å². The summed E-state index contributed by atoms with van der Waals surface area (Å²) in [6.45, 7) is 2.14. The predicted octanol–water partition coefficient (Wildman–Crippen LogP) is 3.19. The van der Waals surface area contributed by atoms with Gasteiger partial charge in [-0.1, -0.05) is 11.6 Å². The highest BCUT2D eigenvalue weighted by Gasteiger charge is 2.23. The average Bonchev–Trinajstić information content (AvgIpc) is 2.68. The largest absolute Gasteiger partial charge is 0.370 e. The van der Waals surface area contributed by atoms with Gasteiger partial charge in [-0.2, -0.15) is 0 Å². The van der Waals surface area contributed by atoms with E-state index >= 15 is 0 Å². The number of rotatable bonds is 3. The van der Waals surface area contributed by atoms with E-state index in [9.17, 15) is 0 Å². The lowest BCUT2D eigenvalue weighted by molar-refractivity contribution is 0.572. The molecule has 2 rings (SSSR count). The van der Waals surface area contributed by atoms with E-state index in [0.717, 1.165) is 36.1 Å². The predicted molar refractivity (Wildman–Crippen MR) is 64.9 cm³/mol. The van der Waals surface area contributed by atoms with Gasteiger partial charge < -0.3 is 4.90 Å². The summed E-state index contributed by atoms with van der Waals surface area (Å²) >= 11 is 11.9. The highest BCUT2D eigenvalue weighted by molar-refractivity contribution is 6.33. The molecular weight excluding hydrogens is 231 g/mol. The average molecular weight is 245 g/mol. The van der Waals surface area contributed by atoms with Crippen molar-refractivity contribution in [3.8, 4) is 0 Å². The van der Waals surface area contributed by atoms with Crippen LogP contribution in [-0.4, -0.2) is 24.0 Å². The molecule has 1 fully saturated rings. The van der Waals surface area contributed by atoms with Crippen LogP contribution < -0.4 is 4.90 Å². The van der Waals surface area contributed by atoms with Crippen molar-refractivity contribution in [3.63, 3.8) is 0 Å². The minimum absolute atomic E-state index is 0.715. The van der Waals surface area contributed by atoms with Crippen molar-refractivity contribution in [2.75, 3.05) is 23.9 Å². The summed E-state index contributed by atoms with van der Waals surface area (Å²) in [6.07, 6.45) is 5.80. The van der Waals surface area contributed by atoms with Gasteiger partial charge in [-0.25, -0.2) is 0 Å². The van der Waals surface area contributed by atoms with E-state index in [1.807, 2.05) is 6.07 Å². The normalized spacial score (nSPS) is 20.9. The zero-order valence-electron chi connectivity index (χ0n) is 8.50. The molecule has 4 heteroatoms. The van der Waals surface area contributed by atoms with Crippen LogP contribution in [0.5, 0.6) is 0 Å². The van der Waals surface area contributed by atoms with Gasteiger partial charge in [0.15, 0.2) is 0 Å².